The lowest BCUT2D eigenvalue weighted by atomic mass is 10.0. The number of esters is 2. The van der Waals surface area contributed by atoms with Crippen LogP contribution in [-0.4, -0.2) is 70.0 Å². The van der Waals surface area contributed by atoms with Gasteiger partial charge in [-0.3, -0.25) is 14.2 Å². The molecule has 0 saturated carbocycles. The molecule has 9 nitrogen and oxygen atoms in total. The van der Waals surface area contributed by atoms with Gasteiger partial charge in [0.25, 0.3) is 7.82 Å². The van der Waals surface area contributed by atoms with Crippen LogP contribution in [-0.2, 0) is 32.7 Å². The second-order valence-corrected chi connectivity index (χ2v) is 19.5. The van der Waals surface area contributed by atoms with E-state index < -0.39 is 32.5 Å². The van der Waals surface area contributed by atoms with Gasteiger partial charge in [0.1, 0.15) is 19.8 Å². The van der Waals surface area contributed by atoms with Gasteiger partial charge in [-0.15, -0.1) is 0 Å². The van der Waals surface area contributed by atoms with E-state index in [9.17, 15) is 19.0 Å². The highest BCUT2D eigenvalue weighted by atomic mass is 31.2. The van der Waals surface area contributed by atoms with Crippen LogP contribution in [0.5, 0.6) is 0 Å². The largest absolute Gasteiger partial charge is 0.756 e. The Balaban J connectivity index is 4.41. The van der Waals surface area contributed by atoms with Crippen molar-refractivity contribution in [2.45, 2.75) is 200 Å². The van der Waals surface area contributed by atoms with Crippen molar-refractivity contribution in [1.82, 2.24) is 0 Å². The number of phosphoric ester groups is 1. The van der Waals surface area contributed by atoms with Crippen LogP contribution < -0.4 is 4.89 Å². The molecule has 0 spiro atoms. The van der Waals surface area contributed by atoms with Crippen LogP contribution >= 0.6 is 7.82 Å². The van der Waals surface area contributed by atoms with Gasteiger partial charge in [-0.25, -0.2) is 0 Å². The molecule has 0 aliphatic carbocycles. The number of hydrogen-bond donors (Lipinski definition) is 0. The number of phosphoric acid groups is 1. The first-order chi connectivity index (χ1) is 32.0. The van der Waals surface area contributed by atoms with E-state index in [4.69, 9.17) is 18.5 Å². The molecule has 0 saturated heterocycles. The van der Waals surface area contributed by atoms with Gasteiger partial charge in [-0.1, -0.05) is 195 Å². The molecule has 0 amide bonds. The average Bonchev–Trinajstić information content (AvgIpc) is 3.27. The highest BCUT2D eigenvalue weighted by Gasteiger charge is 2.21. The Morgan fingerprint density at radius 2 is 0.909 bits per heavy atom. The van der Waals surface area contributed by atoms with E-state index in [1.807, 2.05) is 33.3 Å². The van der Waals surface area contributed by atoms with Crippen molar-refractivity contribution in [2.24, 2.45) is 0 Å². The van der Waals surface area contributed by atoms with Gasteiger partial charge >= 0.3 is 11.9 Å². The molecule has 0 N–H and O–H groups in total. The molecule has 0 aliphatic heterocycles. The zero-order chi connectivity index (χ0) is 48.5. The Hall–Kier alpha value is -3.07. The first-order valence-electron chi connectivity index (χ1n) is 25.9. The molecule has 2 atom stereocenters. The van der Waals surface area contributed by atoms with Crippen LogP contribution in [0.1, 0.15) is 194 Å². The Kier molecular flexibility index (Phi) is 44.8. The maximum absolute atomic E-state index is 12.7. The molecule has 378 valence electrons. The van der Waals surface area contributed by atoms with Crippen LogP contribution in [0.4, 0.5) is 0 Å². The van der Waals surface area contributed by atoms with Gasteiger partial charge in [0.05, 0.1) is 27.7 Å². The lowest BCUT2D eigenvalue weighted by Crippen LogP contribution is -2.37. The topological polar surface area (TPSA) is 111 Å². The van der Waals surface area contributed by atoms with E-state index in [0.717, 1.165) is 64.2 Å². The summed E-state index contributed by atoms with van der Waals surface area (Å²) in [7, 11) is 1.09. The first kappa shape index (κ1) is 62.9. The van der Waals surface area contributed by atoms with Crippen molar-refractivity contribution in [3.05, 3.63) is 97.2 Å². The summed E-state index contributed by atoms with van der Waals surface area (Å²) in [5.41, 5.74) is 0. The number of nitrogens with zero attached hydrogens (tertiary/aromatic N) is 1. The molecule has 0 bridgehead atoms. The maximum Gasteiger partial charge on any atom is 0.306 e. The predicted molar refractivity (Wildman–Crippen MR) is 277 cm³/mol. The number of likely N-dealkylation sites (N-methyl/N-ethyl adjacent to an activating group) is 1. The van der Waals surface area contributed by atoms with Gasteiger partial charge in [0.2, 0.25) is 0 Å². The fourth-order valence-electron chi connectivity index (χ4n) is 6.58. The summed E-state index contributed by atoms with van der Waals surface area (Å²) in [5.74, 6) is -0.987. The molecule has 0 heterocycles. The molecular formula is C56H96NO8P. The highest BCUT2D eigenvalue weighted by Crippen LogP contribution is 2.38. The first-order valence-corrected chi connectivity index (χ1v) is 27.4. The quantitative estimate of drug-likeness (QED) is 0.0195. The third-order valence-corrected chi connectivity index (χ3v) is 11.5. The molecular weight excluding hydrogens is 846 g/mol. The Morgan fingerprint density at radius 1 is 0.485 bits per heavy atom. The number of ether oxygens (including phenoxy) is 2. The van der Waals surface area contributed by atoms with Crippen LogP contribution in [0, 0.1) is 0 Å². The van der Waals surface area contributed by atoms with Gasteiger partial charge in [-0.2, -0.15) is 0 Å². The van der Waals surface area contributed by atoms with Gasteiger partial charge in [-0.05, 0) is 83.5 Å². The zero-order valence-corrected chi connectivity index (χ0v) is 43.5. The van der Waals surface area contributed by atoms with Gasteiger partial charge in [0, 0.05) is 12.8 Å². The number of unbranched alkanes of at least 4 members (excludes halogenated alkanes) is 16. The van der Waals surface area contributed by atoms with E-state index in [2.05, 4.69) is 98.9 Å². The van der Waals surface area contributed by atoms with Crippen LogP contribution in [0.3, 0.4) is 0 Å². The summed E-state index contributed by atoms with van der Waals surface area (Å²) in [4.78, 5) is 37.7. The number of quaternary nitrogens is 1. The summed E-state index contributed by atoms with van der Waals surface area (Å²) in [6.45, 7) is 3.98. The zero-order valence-electron chi connectivity index (χ0n) is 42.6. The SMILES string of the molecule is CC/C=C/C/C=C/C/C=C/C/C=C/C/C=C/C/C=C/CCC(=O)O[C@H](COC(=O)CCC/C=C/CC/C=C/CCCCCCCCCCCCCCCC)COP(=O)([O-])OCC[N+](C)(C)C. The van der Waals surface area contributed by atoms with Crippen molar-refractivity contribution < 1.29 is 42.1 Å². The van der Waals surface area contributed by atoms with Crippen LogP contribution in [0.25, 0.3) is 0 Å². The molecule has 0 aromatic rings. The summed E-state index contributed by atoms with van der Waals surface area (Å²) in [5, 5.41) is 0. The molecule has 0 aromatic carbocycles. The van der Waals surface area contributed by atoms with Crippen molar-refractivity contribution in [3.8, 4) is 0 Å². The number of carbonyl (C=O) groups excluding carboxylic acids is 2. The number of allylic oxidation sites excluding steroid dienone is 16. The predicted octanol–water partition coefficient (Wildman–Crippen LogP) is 15.1. The maximum atomic E-state index is 12.7. The van der Waals surface area contributed by atoms with Crippen molar-refractivity contribution >= 4 is 19.8 Å². The number of hydrogen-bond acceptors (Lipinski definition) is 8. The third-order valence-electron chi connectivity index (χ3n) is 10.6. The van der Waals surface area contributed by atoms with E-state index in [-0.39, 0.29) is 26.1 Å². The van der Waals surface area contributed by atoms with E-state index >= 15 is 0 Å². The molecule has 0 radical (unpaired) electrons. The Bertz CT molecular complexity index is 1440. The second kappa shape index (κ2) is 47.0. The number of carbonyl (C=O) groups is 2. The molecule has 0 rings (SSSR count). The molecule has 1 unspecified atom stereocenters. The summed E-state index contributed by atoms with van der Waals surface area (Å²) < 4.78 is 33.9. The Labute approximate surface area is 404 Å². The van der Waals surface area contributed by atoms with Crippen LogP contribution in [0.2, 0.25) is 0 Å². The minimum atomic E-state index is -4.67. The monoisotopic (exact) mass is 942 g/mol. The third kappa shape index (κ3) is 50.3. The van der Waals surface area contributed by atoms with E-state index in [1.54, 1.807) is 0 Å². The lowest BCUT2D eigenvalue weighted by molar-refractivity contribution is -0.870. The number of rotatable bonds is 46. The molecule has 0 aromatic heterocycles. The normalized spacial score (nSPS) is 14.2. The van der Waals surface area contributed by atoms with E-state index in [1.165, 1.54) is 89.9 Å². The summed E-state index contributed by atoms with van der Waals surface area (Å²) in [6.07, 6.45) is 63.4. The van der Waals surface area contributed by atoms with Gasteiger partial charge < -0.3 is 27.9 Å². The van der Waals surface area contributed by atoms with Crippen molar-refractivity contribution in [2.75, 3.05) is 47.5 Å². The smallest absolute Gasteiger partial charge is 0.306 e. The molecule has 0 aliphatic rings. The summed E-state index contributed by atoms with van der Waals surface area (Å²) in [6, 6.07) is 0. The van der Waals surface area contributed by atoms with E-state index in [0.29, 0.717) is 23.9 Å². The molecule has 10 heteroatoms. The van der Waals surface area contributed by atoms with Crippen molar-refractivity contribution in [3.63, 3.8) is 0 Å². The fraction of sp³-hybridized carbons (Fsp3) is 0.679. The summed E-state index contributed by atoms with van der Waals surface area (Å²) >= 11 is 0. The standard InChI is InChI=1S/C56H96NO8P/c1-6-8-10-12-14-16-18-20-22-24-26-27-28-29-31-32-34-36-38-40-42-44-46-48-55(58)62-52-54(53-64-66(60,61)63-51-50-57(3,4)5)65-56(59)49-47-45-43-41-39-37-35-33-30-25-23-21-19-17-15-13-11-9-7-2/h9,11,15,17,21,23,30,32-34,37,39-40,42-43,45,54H,6-8,10,12-14,16,18-20,22,24-29,31,35-36,38,41,44,46-53H2,1-5H3/b11-9+,17-15+,23-21+,33-30+,34-32+,39-37+,42-40+,45-43+/t54-/m1/s1. The minimum absolute atomic E-state index is 0.0552. The van der Waals surface area contributed by atoms with Gasteiger partial charge in [0.15, 0.2) is 6.10 Å². The molecule has 0 fully saturated rings. The lowest BCUT2D eigenvalue weighted by Gasteiger charge is -2.28. The minimum Gasteiger partial charge on any atom is -0.756 e. The van der Waals surface area contributed by atoms with Crippen molar-refractivity contribution in [1.29, 1.82) is 0 Å². The second-order valence-electron chi connectivity index (χ2n) is 18.1. The Morgan fingerprint density at radius 3 is 1.39 bits per heavy atom. The highest BCUT2D eigenvalue weighted by molar-refractivity contribution is 7.45. The average molecular weight is 942 g/mol. The fourth-order valence-corrected chi connectivity index (χ4v) is 7.31. The molecule has 66 heavy (non-hydrogen) atoms. The van der Waals surface area contributed by atoms with Crippen LogP contribution in [0.15, 0.2) is 97.2 Å².